The number of anilines is 1. The molecular weight excluding hydrogens is 301 g/mol. The molecule has 1 aromatic rings. The summed E-state index contributed by atoms with van der Waals surface area (Å²) >= 11 is 0. The number of rotatable bonds is 6. The number of halogens is 3. The second-order valence-electron chi connectivity index (χ2n) is 5.06. The van der Waals surface area contributed by atoms with Gasteiger partial charge in [0.15, 0.2) is 17.5 Å². The number of hydrogen-bond acceptors (Lipinski definition) is 3. The summed E-state index contributed by atoms with van der Waals surface area (Å²) in [7, 11) is 0. The van der Waals surface area contributed by atoms with Gasteiger partial charge >= 0.3 is 0 Å². The summed E-state index contributed by atoms with van der Waals surface area (Å²) in [4.78, 5) is 23.0. The van der Waals surface area contributed by atoms with E-state index in [1.54, 1.807) is 13.8 Å². The van der Waals surface area contributed by atoms with Gasteiger partial charge in [-0.3, -0.25) is 9.59 Å². The number of carbonyl (C=O) groups excluding carboxylic acids is 2. The summed E-state index contributed by atoms with van der Waals surface area (Å²) in [5.74, 6) is -6.06. The monoisotopic (exact) mass is 318 g/mol. The van der Waals surface area contributed by atoms with Crippen LogP contribution in [0.5, 0.6) is 0 Å². The molecule has 0 spiro atoms. The molecule has 8 heteroatoms. The first-order valence-electron chi connectivity index (χ1n) is 6.60. The number of hydrogen-bond donors (Lipinski definition) is 3. The molecular formula is C14H17F3N2O3. The van der Waals surface area contributed by atoms with Gasteiger partial charge in [0.2, 0.25) is 11.8 Å². The fourth-order valence-corrected chi connectivity index (χ4v) is 1.49. The Morgan fingerprint density at radius 1 is 1.14 bits per heavy atom. The van der Waals surface area contributed by atoms with Gasteiger partial charge < -0.3 is 15.7 Å². The summed E-state index contributed by atoms with van der Waals surface area (Å²) in [6.07, 6.45) is -1.02. The van der Waals surface area contributed by atoms with Crippen molar-refractivity contribution in [3.63, 3.8) is 0 Å². The van der Waals surface area contributed by atoms with E-state index in [4.69, 9.17) is 0 Å². The molecule has 0 heterocycles. The summed E-state index contributed by atoms with van der Waals surface area (Å²) in [5, 5.41) is 13.7. The number of aliphatic hydroxyl groups excluding tert-OH is 1. The molecule has 5 nitrogen and oxygen atoms in total. The number of carbonyl (C=O) groups is 2. The molecule has 122 valence electrons. The van der Waals surface area contributed by atoms with E-state index in [-0.39, 0.29) is 12.3 Å². The van der Waals surface area contributed by atoms with Crippen LogP contribution in [-0.2, 0) is 9.59 Å². The zero-order chi connectivity index (χ0) is 16.9. The lowest BCUT2D eigenvalue weighted by Gasteiger charge is -2.14. The second-order valence-corrected chi connectivity index (χ2v) is 5.06. The highest BCUT2D eigenvalue weighted by Crippen LogP contribution is 2.19. The van der Waals surface area contributed by atoms with Crippen LogP contribution in [-0.4, -0.2) is 29.6 Å². The van der Waals surface area contributed by atoms with Crippen LogP contribution < -0.4 is 10.6 Å². The minimum atomic E-state index is -1.69. The lowest BCUT2D eigenvalue weighted by molar-refractivity contribution is -0.126. The third kappa shape index (κ3) is 5.03. The molecule has 22 heavy (non-hydrogen) atoms. The molecule has 0 aliphatic carbocycles. The largest absolute Gasteiger partial charge is 0.392 e. The highest BCUT2D eigenvalue weighted by atomic mass is 19.2. The Kier molecular flexibility index (Phi) is 6.36. The predicted molar refractivity (Wildman–Crippen MR) is 73.4 cm³/mol. The van der Waals surface area contributed by atoms with Crippen molar-refractivity contribution in [1.29, 1.82) is 0 Å². The Labute approximate surface area is 125 Å². The number of aliphatic hydroxyl groups is 1. The van der Waals surface area contributed by atoms with Crippen LogP contribution in [0.2, 0.25) is 0 Å². The van der Waals surface area contributed by atoms with Gasteiger partial charge in [-0.1, -0.05) is 13.8 Å². The first-order valence-corrected chi connectivity index (χ1v) is 6.60. The molecule has 0 saturated heterocycles. The lowest BCUT2D eigenvalue weighted by Crippen LogP contribution is -2.35. The molecule has 1 aromatic carbocycles. The molecule has 1 unspecified atom stereocenters. The van der Waals surface area contributed by atoms with E-state index in [1.165, 1.54) is 0 Å². The van der Waals surface area contributed by atoms with Gasteiger partial charge in [-0.2, -0.15) is 0 Å². The predicted octanol–water partition coefficient (Wildman–Crippen LogP) is 1.57. The van der Waals surface area contributed by atoms with Gasteiger partial charge in [0, 0.05) is 0 Å². The van der Waals surface area contributed by atoms with E-state index in [9.17, 15) is 27.9 Å². The number of amides is 2. The van der Waals surface area contributed by atoms with Crippen LogP contribution in [0.25, 0.3) is 0 Å². The molecule has 0 saturated carbocycles. The Morgan fingerprint density at radius 3 is 2.36 bits per heavy atom. The first-order chi connectivity index (χ1) is 10.2. The van der Waals surface area contributed by atoms with E-state index >= 15 is 0 Å². The molecule has 1 atom stereocenters. The van der Waals surface area contributed by atoms with Crippen LogP contribution in [0.15, 0.2) is 12.1 Å². The van der Waals surface area contributed by atoms with Crippen LogP contribution in [0.4, 0.5) is 18.9 Å². The summed E-state index contributed by atoms with van der Waals surface area (Å²) in [6.45, 7) is 2.98. The first kappa shape index (κ1) is 18.0. The summed E-state index contributed by atoms with van der Waals surface area (Å²) in [5.41, 5.74) is -0.527. The maximum atomic E-state index is 13.3. The van der Waals surface area contributed by atoms with Gasteiger partial charge in [0.1, 0.15) is 0 Å². The third-order valence-corrected chi connectivity index (χ3v) is 2.92. The van der Waals surface area contributed by atoms with Crippen LogP contribution in [0.3, 0.4) is 0 Å². The van der Waals surface area contributed by atoms with Crippen molar-refractivity contribution in [2.75, 3.05) is 11.9 Å². The van der Waals surface area contributed by atoms with Crippen LogP contribution in [0, 0.1) is 23.4 Å². The van der Waals surface area contributed by atoms with Crippen molar-refractivity contribution in [3.8, 4) is 0 Å². The minimum Gasteiger partial charge on any atom is -0.392 e. The quantitative estimate of drug-likeness (QED) is 0.697. The van der Waals surface area contributed by atoms with E-state index < -0.39 is 47.6 Å². The van der Waals surface area contributed by atoms with Crippen molar-refractivity contribution < 1.29 is 27.9 Å². The minimum absolute atomic E-state index is 0.115. The van der Waals surface area contributed by atoms with Crippen LogP contribution >= 0.6 is 0 Å². The summed E-state index contributed by atoms with van der Waals surface area (Å²) < 4.78 is 39.0. The molecule has 0 radical (unpaired) electrons. The van der Waals surface area contributed by atoms with E-state index in [2.05, 4.69) is 5.32 Å². The number of nitrogens with one attached hydrogen (secondary N) is 2. The van der Waals surface area contributed by atoms with Gasteiger partial charge in [-0.05, 0) is 18.1 Å². The van der Waals surface area contributed by atoms with Crippen molar-refractivity contribution in [1.82, 2.24) is 5.32 Å². The molecule has 1 rings (SSSR count). The topological polar surface area (TPSA) is 78.4 Å². The SMILES string of the molecule is CC(C)C(O)CC(=O)NCC(=O)Nc1ccc(F)c(F)c1F. The smallest absolute Gasteiger partial charge is 0.243 e. The average Bonchev–Trinajstić information content (AvgIpc) is 2.45. The fourth-order valence-electron chi connectivity index (χ4n) is 1.49. The van der Waals surface area contributed by atoms with E-state index in [0.717, 1.165) is 6.07 Å². The fraction of sp³-hybridized carbons (Fsp3) is 0.429. The van der Waals surface area contributed by atoms with Gasteiger partial charge in [-0.25, -0.2) is 13.2 Å². The Balaban J connectivity index is 2.51. The maximum absolute atomic E-state index is 13.3. The zero-order valence-corrected chi connectivity index (χ0v) is 12.1. The molecule has 0 aromatic heterocycles. The Morgan fingerprint density at radius 2 is 1.77 bits per heavy atom. The molecule has 0 fully saturated rings. The van der Waals surface area contributed by atoms with Crippen molar-refractivity contribution >= 4 is 17.5 Å². The van der Waals surface area contributed by atoms with E-state index in [1.807, 2.05) is 5.32 Å². The molecule has 3 N–H and O–H groups in total. The summed E-state index contributed by atoms with van der Waals surface area (Å²) in [6, 6.07) is 1.54. The van der Waals surface area contributed by atoms with Crippen molar-refractivity contribution in [2.45, 2.75) is 26.4 Å². The molecule has 0 aliphatic rings. The average molecular weight is 318 g/mol. The number of benzene rings is 1. The lowest BCUT2D eigenvalue weighted by atomic mass is 10.0. The zero-order valence-electron chi connectivity index (χ0n) is 12.1. The highest BCUT2D eigenvalue weighted by Gasteiger charge is 2.17. The normalized spacial score (nSPS) is 12.1. The van der Waals surface area contributed by atoms with Crippen LogP contribution in [0.1, 0.15) is 20.3 Å². The highest BCUT2D eigenvalue weighted by molar-refractivity contribution is 5.94. The third-order valence-electron chi connectivity index (χ3n) is 2.92. The van der Waals surface area contributed by atoms with Gasteiger partial charge in [-0.15, -0.1) is 0 Å². The maximum Gasteiger partial charge on any atom is 0.243 e. The second kappa shape index (κ2) is 7.79. The van der Waals surface area contributed by atoms with Gasteiger partial charge in [0.25, 0.3) is 0 Å². The molecule has 2 amide bonds. The Hall–Kier alpha value is -2.09. The van der Waals surface area contributed by atoms with Crippen molar-refractivity contribution in [3.05, 3.63) is 29.6 Å². The van der Waals surface area contributed by atoms with Gasteiger partial charge in [0.05, 0.1) is 24.8 Å². The van der Waals surface area contributed by atoms with Crippen molar-refractivity contribution in [2.24, 2.45) is 5.92 Å². The molecule has 0 aliphatic heterocycles. The Bertz CT molecular complexity index is 565. The standard InChI is InChI=1S/C14H17F3N2O3/c1-7(2)10(20)5-11(21)18-6-12(22)19-9-4-3-8(15)13(16)14(9)17/h3-4,7,10,20H,5-6H2,1-2H3,(H,18,21)(H,19,22). The molecule has 0 bridgehead atoms. The van der Waals surface area contributed by atoms with E-state index in [0.29, 0.717) is 6.07 Å².